The van der Waals surface area contributed by atoms with E-state index in [0.717, 1.165) is 26.1 Å². The monoisotopic (exact) mass is 159 g/mol. The Balaban J connectivity index is 2.29. The van der Waals surface area contributed by atoms with Crippen LogP contribution in [0.1, 0.15) is 13.3 Å². The van der Waals surface area contributed by atoms with E-state index in [9.17, 15) is 5.11 Å². The molecule has 1 rings (SSSR count). The van der Waals surface area contributed by atoms with Gasteiger partial charge in [-0.05, 0) is 19.5 Å². The normalized spacial score (nSPS) is 29.2. The highest BCUT2D eigenvalue weighted by molar-refractivity contribution is 4.79. The minimum absolute atomic E-state index is 0.0950. The summed E-state index contributed by atoms with van der Waals surface area (Å²) < 4.78 is 0. The number of hydrogen-bond acceptors (Lipinski definition) is 3. The Labute approximate surface area is 67.6 Å². The number of nitrogens with zero attached hydrogens (tertiary/aromatic N) is 1. The van der Waals surface area contributed by atoms with E-state index in [1.165, 1.54) is 0 Å². The van der Waals surface area contributed by atoms with Crippen LogP contribution in [0.2, 0.25) is 0 Å². The highest BCUT2D eigenvalue weighted by Crippen LogP contribution is 2.18. The van der Waals surface area contributed by atoms with Gasteiger partial charge in [-0.1, -0.05) is 6.92 Å². The molecular weight excluding hydrogens is 142 g/mol. The van der Waals surface area contributed by atoms with Gasteiger partial charge >= 0.3 is 0 Å². The molecule has 0 spiro atoms. The lowest BCUT2D eigenvalue weighted by Gasteiger charge is -2.16. The third-order valence-electron chi connectivity index (χ3n) is 2.49. The van der Waals surface area contributed by atoms with Crippen LogP contribution in [0.4, 0.5) is 0 Å². The molecule has 0 aromatic heterocycles. The lowest BCUT2D eigenvalue weighted by atomic mass is 10.0. The molecular formula is C8H17NO2. The van der Waals surface area contributed by atoms with Gasteiger partial charge in [-0.2, -0.15) is 0 Å². The van der Waals surface area contributed by atoms with Gasteiger partial charge in [0.2, 0.25) is 0 Å². The van der Waals surface area contributed by atoms with E-state index in [-0.39, 0.29) is 6.61 Å². The van der Waals surface area contributed by atoms with Gasteiger partial charge in [0.15, 0.2) is 0 Å². The first-order valence-electron chi connectivity index (χ1n) is 4.29. The van der Waals surface area contributed by atoms with Crippen molar-refractivity contribution in [3.63, 3.8) is 0 Å². The fourth-order valence-electron chi connectivity index (χ4n) is 1.61. The molecule has 1 aliphatic rings. The van der Waals surface area contributed by atoms with Crippen molar-refractivity contribution in [2.75, 3.05) is 26.2 Å². The molecule has 2 N–H and O–H groups in total. The first-order valence-corrected chi connectivity index (χ1v) is 4.29. The molecule has 2 unspecified atom stereocenters. The lowest BCUT2D eigenvalue weighted by Crippen LogP contribution is -2.27. The summed E-state index contributed by atoms with van der Waals surface area (Å²) >= 11 is 0. The van der Waals surface area contributed by atoms with Crippen molar-refractivity contribution in [3.05, 3.63) is 0 Å². The van der Waals surface area contributed by atoms with Crippen LogP contribution in [-0.2, 0) is 0 Å². The first-order chi connectivity index (χ1) is 5.27. The van der Waals surface area contributed by atoms with Crippen LogP contribution in [0.5, 0.6) is 0 Å². The summed E-state index contributed by atoms with van der Waals surface area (Å²) in [5.41, 5.74) is 0. The molecule has 3 nitrogen and oxygen atoms in total. The molecule has 0 amide bonds. The number of rotatable bonds is 3. The highest BCUT2D eigenvalue weighted by atomic mass is 16.3. The molecule has 1 fully saturated rings. The average molecular weight is 159 g/mol. The smallest absolute Gasteiger partial charge is 0.0811 e. The standard InChI is InChI=1S/C8H17NO2/c1-2-9-4-3-7(5-9)8(11)6-10/h7-8,10-11H,2-6H2,1H3. The van der Waals surface area contributed by atoms with Crippen LogP contribution >= 0.6 is 0 Å². The summed E-state index contributed by atoms with van der Waals surface area (Å²) in [4.78, 5) is 2.30. The molecule has 2 atom stereocenters. The van der Waals surface area contributed by atoms with Gasteiger partial charge in [0.1, 0.15) is 0 Å². The molecule has 0 aromatic rings. The van der Waals surface area contributed by atoms with Crippen LogP contribution in [0.25, 0.3) is 0 Å². The zero-order chi connectivity index (χ0) is 8.27. The van der Waals surface area contributed by atoms with Gasteiger partial charge in [-0.3, -0.25) is 0 Å². The average Bonchev–Trinajstić information content (AvgIpc) is 2.50. The zero-order valence-electron chi connectivity index (χ0n) is 7.03. The number of hydrogen-bond donors (Lipinski definition) is 2. The maximum absolute atomic E-state index is 9.29. The molecule has 3 heteroatoms. The van der Waals surface area contributed by atoms with Crippen molar-refractivity contribution in [2.45, 2.75) is 19.4 Å². The van der Waals surface area contributed by atoms with Crippen LogP contribution in [0.15, 0.2) is 0 Å². The van der Waals surface area contributed by atoms with Crippen LogP contribution in [-0.4, -0.2) is 47.5 Å². The van der Waals surface area contributed by atoms with Crippen LogP contribution in [0, 0.1) is 5.92 Å². The zero-order valence-corrected chi connectivity index (χ0v) is 7.03. The van der Waals surface area contributed by atoms with E-state index >= 15 is 0 Å². The SMILES string of the molecule is CCN1CCC(C(O)CO)C1. The maximum Gasteiger partial charge on any atom is 0.0811 e. The summed E-state index contributed by atoms with van der Waals surface area (Å²) in [6, 6.07) is 0. The van der Waals surface area contributed by atoms with E-state index in [2.05, 4.69) is 11.8 Å². The topological polar surface area (TPSA) is 43.7 Å². The summed E-state index contributed by atoms with van der Waals surface area (Å²) in [6.45, 7) is 5.08. The molecule has 66 valence electrons. The van der Waals surface area contributed by atoms with E-state index in [4.69, 9.17) is 5.11 Å². The van der Waals surface area contributed by atoms with Crippen molar-refractivity contribution in [1.82, 2.24) is 4.90 Å². The summed E-state index contributed by atoms with van der Waals surface area (Å²) in [6.07, 6.45) is 0.516. The van der Waals surface area contributed by atoms with Crippen molar-refractivity contribution < 1.29 is 10.2 Å². The summed E-state index contributed by atoms with van der Waals surface area (Å²) in [5.74, 6) is 0.292. The Morgan fingerprint density at radius 3 is 2.82 bits per heavy atom. The minimum atomic E-state index is -0.508. The van der Waals surface area contributed by atoms with Gasteiger partial charge in [-0.25, -0.2) is 0 Å². The second-order valence-corrected chi connectivity index (χ2v) is 3.19. The van der Waals surface area contributed by atoms with E-state index in [1.54, 1.807) is 0 Å². The van der Waals surface area contributed by atoms with E-state index in [0.29, 0.717) is 5.92 Å². The summed E-state index contributed by atoms with van der Waals surface area (Å²) in [5, 5.41) is 18.0. The van der Waals surface area contributed by atoms with E-state index < -0.39 is 6.10 Å². The Morgan fingerprint density at radius 1 is 1.64 bits per heavy atom. The van der Waals surface area contributed by atoms with Gasteiger partial charge < -0.3 is 15.1 Å². The number of aliphatic hydroxyl groups is 2. The largest absolute Gasteiger partial charge is 0.394 e. The molecule has 1 aliphatic heterocycles. The number of likely N-dealkylation sites (tertiary alicyclic amines) is 1. The molecule has 1 saturated heterocycles. The Morgan fingerprint density at radius 2 is 2.36 bits per heavy atom. The Hall–Kier alpha value is -0.120. The predicted molar refractivity (Wildman–Crippen MR) is 43.3 cm³/mol. The fourth-order valence-corrected chi connectivity index (χ4v) is 1.61. The first kappa shape index (κ1) is 8.97. The highest BCUT2D eigenvalue weighted by Gasteiger charge is 2.26. The molecule has 0 bridgehead atoms. The van der Waals surface area contributed by atoms with Crippen LogP contribution in [0.3, 0.4) is 0 Å². The van der Waals surface area contributed by atoms with Gasteiger partial charge in [0, 0.05) is 12.5 Å². The lowest BCUT2D eigenvalue weighted by molar-refractivity contribution is 0.0501. The summed E-state index contributed by atoms with van der Waals surface area (Å²) in [7, 11) is 0. The molecule has 0 saturated carbocycles. The van der Waals surface area contributed by atoms with Crippen molar-refractivity contribution in [2.24, 2.45) is 5.92 Å². The van der Waals surface area contributed by atoms with Gasteiger partial charge in [0.25, 0.3) is 0 Å². The third kappa shape index (κ3) is 2.15. The molecule has 0 aliphatic carbocycles. The molecule has 11 heavy (non-hydrogen) atoms. The fraction of sp³-hybridized carbons (Fsp3) is 1.00. The van der Waals surface area contributed by atoms with Crippen molar-refractivity contribution in [1.29, 1.82) is 0 Å². The molecule has 0 radical (unpaired) electrons. The molecule has 1 heterocycles. The Bertz CT molecular complexity index is 119. The number of aliphatic hydroxyl groups excluding tert-OH is 2. The van der Waals surface area contributed by atoms with Gasteiger partial charge in [-0.15, -0.1) is 0 Å². The minimum Gasteiger partial charge on any atom is -0.394 e. The molecule has 0 aromatic carbocycles. The van der Waals surface area contributed by atoms with Crippen LogP contribution < -0.4 is 0 Å². The predicted octanol–water partition coefficient (Wildman–Crippen LogP) is -0.319. The Kier molecular flexibility index (Phi) is 3.30. The second kappa shape index (κ2) is 4.04. The van der Waals surface area contributed by atoms with Crippen molar-refractivity contribution in [3.8, 4) is 0 Å². The van der Waals surface area contributed by atoms with Gasteiger partial charge in [0.05, 0.1) is 12.7 Å². The third-order valence-corrected chi connectivity index (χ3v) is 2.49. The second-order valence-electron chi connectivity index (χ2n) is 3.19. The maximum atomic E-state index is 9.29. The van der Waals surface area contributed by atoms with Crippen molar-refractivity contribution >= 4 is 0 Å². The quantitative estimate of drug-likeness (QED) is 0.593. The van der Waals surface area contributed by atoms with E-state index in [1.807, 2.05) is 0 Å².